The number of rotatable bonds is 6. The maximum Gasteiger partial charge on any atom is 0.266 e. The minimum Gasteiger partial charge on any atom is -0.497 e. The number of anilines is 1. The van der Waals surface area contributed by atoms with Crippen molar-refractivity contribution in [1.29, 1.82) is 0 Å². The van der Waals surface area contributed by atoms with Crippen LogP contribution in [-0.4, -0.2) is 30.1 Å². The van der Waals surface area contributed by atoms with Crippen LogP contribution in [0, 0.1) is 11.6 Å². The summed E-state index contributed by atoms with van der Waals surface area (Å²) < 4.78 is 62.2. The number of halogens is 2. The third-order valence-electron chi connectivity index (χ3n) is 4.47. The summed E-state index contributed by atoms with van der Waals surface area (Å²) in [5, 5.41) is 7.57. The van der Waals surface area contributed by atoms with Crippen molar-refractivity contribution in [3.05, 3.63) is 84.3 Å². The summed E-state index contributed by atoms with van der Waals surface area (Å²) in [4.78, 5) is -0.0759. The number of pyridine rings is 1. The van der Waals surface area contributed by atoms with Crippen molar-refractivity contribution < 1.29 is 21.9 Å². The first-order valence-electron chi connectivity index (χ1n) is 8.78. The molecule has 10 heteroatoms. The van der Waals surface area contributed by atoms with Gasteiger partial charge >= 0.3 is 0 Å². The highest BCUT2D eigenvalue weighted by Gasteiger charge is 2.27. The van der Waals surface area contributed by atoms with Crippen molar-refractivity contribution in [3.63, 3.8) is 0 Å². The average molecular weight is 430 g/mol. The van der Waals surface area contributed by atoms with Gasteiger partial charge in [-0.25, -0.2) is 17.2 Å². The Morgan fingerprint density at radius 2 is 1.73 bits per heavy atom. The van der Waals surface area contributed by atoms with Crippen molar-refractivity contribution in [2.24, 2.45) is 0 Å². The van der Waals surface area contributed by atoms with Gasteiger partial charge in [0, 0.05) is 12.3 Å². The molecule has 2 heterocycles. The van der Waals surface area contributed by atoms with Crippen LogP contribution in [0.25, 0.3) is 5.65 Å². The quantitative estimate of drug-likeness (QED) is 0.469. The highest BCUT2D eigenvalue weighted by atomic mass is 32.2. The molecule has 0 spiro atoms. The van der Waals surface area contributed by atoms with Crippen LogP contribution in [0.15, 0.2) is 72.0 Å². The molecule has 0 saturated carbocycles. The van der Waals surface area contributed by atoms with E-state index in [2.05, 4.69) is 10.2 Å². The molecule has 2 aromatic carbocycles. The fraction of sp³-hybridized carbons (Fsp3) is 0.100. The summed E-state index contributed by atoms with van der Waals surface area (Å²) in [7, 11) is -2.66. The van der Waals surface area contributed by atoms with Gasteiger partial charge in [-0.2, -0.15) is 0 Å². The van der Waals surface area contributed by atoms with Crippen LogP contribution >= 0.6 is 0 Å². The predicted molar refractivity (Wildman–Crippen MR) is 106 cm³/mol. The summed E-state index contributed by atoms with van der Waals surface area (Å²) in [6, 6.07) is 12.2. The summed E-state index contributed by atoms with van der Waals surface area (Å²) in [6.45, 7) is -0.143. The summed E-state index contributed by atoms with van der Waals surface area (Å²) in [5.74, 6) is -1.16. The van der Waals surface area contributed by atoms with Crippen molar-refractivity contribution in [3.8, 4) is 5.75 Å². The van der Waals surface area contributed by atoms with Crippen LogP contribution in [0.1, 0.15) is 5.56 Å². The summed E-state index contributed by atoms with van der Waals surface area (Å²) in [5.41, 5.74) is 0.939. The van der Waals surface area contributed by atoms with Gasteiger partial charge in [0.15, 0.2) is 5.65 Å². The SMILES string of the molecule is COc1ccc(CN(c2cc(F)cc(F)c2)S(=O)(=O)c2ccc3nncn3c2)cc1. The third-order valence-corrected chi connectivity index (χ3v) is 6.23. The maximum atomic E-state index is 13.9. The van der Waals surface area contributed by atoms with Crippen LogP contribution in [0.4, 0.5) is 14.5 Å². The van der Waals surface area contributed by atoms with Crippen molar-refractivity contribution >= 4 is 21.4 Å². The fourth-order valence-corrected chi connectivity index (χ4v) is 4.43. The number of hydrogen-bond acceptors (Lipinski definition) is 5. The van der Waals surface area contributed by atoms with E-state index in [0.29, 0.717) is 23.0 Å². The van der Waals surface area contributed by atoms with E-state index >= 15 is 0 Å². The van der Waals surface area contributed by atoms with Gasteiger partial charge in [-0.1, -0.05) is 12.1 Å². The van der Waals surface area contributed by atoms with Gasteiger partial charge in [0.05, 0.1) is 19.3 Å². The highest BCUT2D eigenvalue weighted by Crippen LogP contribution is 2.28. The van der Waals surface area contributed by atoms with Crippen LogP contribution < -0.4 is 9.04 Å². The molecule has 7 nitrogen and oxygen atoms in total. The second-order valence-electron chi connectivity index (χ2n) is 6.45. The molecular formula is C20H16F2N4O3S. The van der Waals surface area contributed by atoms with Gasteiger partial charge < -0.3 is 4.74 Å². The van der Waals surface area contributed by atoms with Gasteiger partial charge in [-0.15, -0.1) is 10.2 Å². The van der Waals surface area contributed by atoms with E-state index in [-0.39, 0.29) is 17.1 Å². The first-order valence-corrected chi connectivity index (χ1v) is 10.2. The Morgan fingerprint density at radius 3 is 2.40 bits per heavy atom. The zero-order chi connectivity index (χ0) is 21.3. The molecule has 0 aliphatic carbocycles. The Bertz CT molecular complexity index is 1290. The van der Waals surface area contributed by atoms with E-state index in [9.17, 15) is 17.2 Å². The molecule has 0 bridgehead atoms. The first-order chi connectivity index (χ1) is 14.4. The first kappa shape index (κ1) is 19.8. The molecule has 4 rings (SSSR count). The van der Waals surface area contributed by atoms with Crippen LogP contribution in [0.2, 0.25) is 0 Å². The van der Waals surface area contributed by atoms with Gasteiger partial charge in [0.2, 0.25) is 0 Å². The Kier molecular flexibility index (Phi) is 5.08. The molecular weight excluding hydrogens is 414 g/mol. The largest absolute Gasteiger partial charge is 0.497 e. The number of fused-ring (bicyclic) bond motifs is 1. The number of aromatic nitrogens is 3. The summed E-state index contributed by atoms with van der Waals surface area (Å²) in [6.07, 6.45) is 2.71. The van der Waals surface area contributed by atoms with Crippen molar-refractivity contribution in [2.45, 2.75) is 11.4 Å². The van der Waals surface area contributed by atoms with Gasteiger partial charge in [-0.3, -0.25) is 8.71 Å². The number of ether oxygens (including phenoxy) is 1. The lowest BCUT2D eigenvalue weighted by molar-refractivity contribution is 0.414. The number of benzene rings is 2. The molecule has 0 unspecified atom stereocenters. The molecule has 0 atom stereocenters. The molecule has 4 aromatic rings. The molecule has 0 N–H and O–H groups in total. The summed E-state index contributed by atoms with van der Waals surface area (Å²) >= 11 is 0. The van der Waals surface area contributed by atoms with E-state index < -0.39 is 21.7 Å². The minimum atomic E-state index is -4.18. The Balaban J connectivity index is 1.81. The highest BCUT2D eigenvalue weighted by molar-refractivity contribution is 7.92. The lowest BCUT2D eigenvalue weighted by atomic mass is 10.2. The average Bonchev–Trinajstić information content (AvgIpc) is 3.19. The zero-order valence-electron chi connectivity index (χ0n) is 15.7. The van der Waals surface area contributed by atoms with Gasteiger partial charge in [-0.05, 0) is 42.0 Å². The number of nitrogens with zero attached hydrogens (tertiary/aromatic N) is 4. The molecule has 30 heavy (non-hydrogen) atoms. The van der Waals surface area contributed by atoms with E-state index in [1.165, 1.54) is 36.2 Å². The minimum absolute atomic E-state index is 0.0759. The monoisotopic (exact) mass is 430 g/mol. The number of sulfonamides is 1. The molecule has 0 radical (unpaired) electrons. The molecule has 2 aromatic heterocycles. The molecule has 0 amide bonds. The molecule has 0 saturated heterocycles. The Hall–Kier alpha value is -3.53. The van der Waals surface area contributed by atoms with Gasteiger partial charge in [0.25, 0.3) is 10.0 Å². The molecule has 0 aliphatic heterocycles. The lowest BCUT2D eigenvalue weighted by Crippen LogP contribution is -2.31. The van der Waals surface area contributed by atoms with Crippen molar-refractivity contribution in [2.75, 3.05) is 11.4 Å². The van der Waals surface area contributed by atoms with E-state index in [4.69, 9.17) is 4.74 Å². The Morgan fingerprint density at radius 1 is 1.03 bits per heavy atom. The van der Waals surface area contributed by atoms with E-state index in [1.54, 1.807) is 24.3 Å². The third kappa shape index (κ3) is 3.81. The second kappa shape index (κ2) is 7.71. The fourth-order valence-electron chi connectivity index (χ4n) is 2.98. The maximum absolute atomic E-state index is 13.9. The smallest absolute Gasteiger partial charge is 0.266 e. The van der Waals surface area contributed by atoms with Crippen LogP contribution in [0.3, 0.4) is 0 Å². The number of methoxy groups -OCH3 is 1. The van der Waals surface area contributed by atoms with E-state index in [0.717, 1.165) is 16.4 Å². The lowest BCUT2D eigenvalue weighted by Gasteiger charge is -2.25. The molecule has 0 aliphatic rings. The second-order valence-corrected chi connectivity index (χ2v) is 8.31. The predicted octanol–water partition coefficient (Wildman–Crippen LogP) is 3.41. The number of hydrogen-bond donors (Lipinski definition) is 0. The molecule has 154 valence electrons. The Labute approximate surface area is 171 Å². The standard InChI is InChI=1S/C20H16F2N4O3S/c1-29-18-4-2-14(3-5-18)11-26(17-9-15(21)8-16(22)10-17)30(27,28)19-6-7-20-24-23-13-25(20)12-19/h2-10,12-13H,11H2,1H3. The topological polar surface area (TPSA) is 76.8 Å². The van der Waals surface area contributed by atoms with E-state index in [1.807, 2.05) is 0 Å². The van der Waals surface area contributed by atoms with Crippen LogP contribution in [0.5, 0.6) is 5.75 Å². The van der Waals surface area contributed by atoms with Crippen molar-refractivity contribution in [1.82, 2.24) is 14.6 Å². The van der Waals surface area contributed by atoms with Crippen LogP contribution in [-0.2, 0) is 16.6 Å². The zero-order valence-corrected chi connectivity index (χ0v) is 16.6. The van der Waals surface area contributed by atoms with Gasteiger partial charge in [0.1, 0.15) is 28.6 Å². The molecule has 0 fully saturated rings. The normalized spacial score (nSPS) is 11.6.